The Kier molecular flexibility index (Phi) is 5.98. The van der Waals surface area contributed by atoms with Crippen molar-refractivity contribution >= 4 is 65.0 Å². The highest BCUT2D eigenvalue weighted by molar-refractivity contribution is 6.27. The maximum Gasteiger partial charge on any atom is 0.143 e. The minimum absolute atomic E-state index is 0.158. The van der Waals surface area contributed by atoms with Crippen LogP contribution in [0.5, 0.6) is 0 Å². The van der Waals surface area contributed by atoms with Crippen LogP contribution in [0.3, 0.4) is 0 Å². The van der Waals surface area contributed by atoms with Gasteiger partial charge in [-0.1, -0.05) is 212 Å². The van der Waals surface area contributed by atoms with E-state index in [0.717, 1.165) is 76.9 Å². The quantitative estimate of drug-likeness (QED) is 0.159. The van der Waals surface area contributed by atoms with Gasteiger partial charge in [0.15, 0.2) is 0 Å². The van der Waals surface area contributed by atoms with Gasteiger partial charge in [0, 0.05) is 16.3 Å². The van der Waals surface area contributed by atoms with Crippen LogP contribution in [0.15, 0.2) is 223 Å². The van der Waals surface area contributed by atoms with Gasteiger partial charge in [-0.3, -0.25) is 0 Å². The lowest BCUT2D eigenvalue weighted by Gasteiger charge is -2.23. The van der Waals surface area contributed by atoms with E-state index in [1.807, 2.05) is 170 Å². The summed E-state index contributed by atoms with van der Waals surface area (Å²) in [7, 11) is 0. The SMILES string of the molecule is [2H]c1c([2H])c([2H])c2c(-c3ccc(-c4cccc5c4oc4ccccc45)c4ccccc34)c3c([2H])c([2H])c([2H])c([2H])c3c(-c3c(-c4ccccc4-c4ccccc4)ccc4ccccc34)c2c1[2H]. The van der Waals surface area contributed by atoms with Crippen LogP contribution in [0.2, 0.25) is 0 Å². The van der Waals surface area contributed by atoms with E-state index < -0.39 is 24.2 Å². The lowest BCUT2D eigenvalue weighted by molar-refractivity contribution is 0.670. The van der Waals surface area contributed by atoms with Crippen molar-refractivity contribution in [3.05, 3.63) is 218 Å². The van der Waals surface area contributed by atoms with E-state index in [4.69, 9.17) is 4.42 Å². The Bertz CT molecular complexity index is 4000. The molecule has 59 heavy (non-hydrogen) atoms. The van der Waals surface area contributed by atoms with Gasteiger partial charge in [-0.15, -0.1) is 0 Å². The molecule has 0 bridgehead atoms. The molecule has 11 aromatic carbocycles. The molecule has 12 aromatic rings. The van der Waals surface area contributed by atoms with E-state index in [9.17, 15) is 11.0 Å². The Morgan fingerprint density at radius 2 is 0.814 bits per heavy atom. The molecule has 1 nitrogen and oxygen atoms in total. The maximum atomic E-state index is 9.87. The van der Waals surface area contributed by atoms with E-state index in [-0.39, 0.29) is 45.7 Å². The van der Waals surface area contributed by atoms with E-state index in [2.05, 4.69) is 0 Å². The molecule has 0 atom stereocenters. The largest absolute Gasteiger partial charge is 0.455 e. The van der Waals surface area contributed by atoms with Gasteiger partial charge in [-0.05, 0) is 99.2 Å². The molecular formula is C58H36O. The number of benzene rings is 11. The first kappa shape index (κ1) is 26.2. The minimum Gasteiger partial charge on any atom is -0.455 e. The average Bonchev–Trinajstić information content (AvgIpc) is 3.76. The predicted molar refractivity (Wildman–Crippen MR) is 251 cm³/mol. The smallest absolute Gasteiger partial charge is 0.143 e. The molecule has 0 unspecified atom stereocenters. The molecule has 12 rings (SSSR count). The topological polar surface area (TPSA) is 13.1 Å². The fraction of sp³-hybridized carbons (Fsp3) is 0. The highest BCUT2D eigenvalue weighted by Crippen LogP contribution is 2.51. The third-order valence-electron chi connectivity index (χ3n) is 11.7. The minimum atomic E-state index is -0.449. The van der Waals surface area contributed by atoms with Crippen LogP contribution < -0.4 is 0 Å². The Hall–Kier alpha value is -7.74. The van der Waals surface area contributed by atoms with Crippen molar-refractivity contribution in [2.24, 2.45) is 0 Å². The van der Waals surface area contributed by atoms with Crippen LogP contribution in [0.1, 0.15) is 11.0 Å². The third kappa shape index (κ3) is 5.18. The van der Waals surface area contributed by atoms with E-state index in [1.54, 1.807) is 0 Å². The zero-order valence-electron chi connectivity index (χ0n) is 39.6. The van der Waals surface area contributed by atoms with Crippen LogP contribution in [0, 0.1) is 0 Å². The maximum absolute atomic E-state index is 9.87. The average molecular weight is 757 g/mol. The Morgan fingerprint density at radius 3 is 1.56 bits per heavy atom. The normalized spacial score (nSPS) is 13.6. The number of furan rings is 1. The van der Waals surface area contributed by atoms with Gasteiger partial charge in [0.2, 0.25) is 0 Å². The van der Waals surface area contributed by atoms with Gasteiger partial charge in [0.25, 0.3) is 0 Å². The molecule has 0 fully saturated rings. The van der Waals surface area contributed by atoms with Crippen molar-refractivity contribution in [1.82, 2.24) is 0 Å². The van der Waals surface area contributed by atoms with Crippen LogP contribution in [0.4, 0.5) is 0 Å². The van der Waals surface area contributed by atoms with Crippen LogP contribution >= 0.6 is 0 Å². The summed E-state index contributed by atoms with van der Waals surface area (Å²) in [6, 6.07) is 52.5. The summed E-state index contributed by atoms with van der Waals surface area (Å²) >= 11 is 0. The number of hydrogen-bond acceptors (Lipinski definition) is 1. The zero-order chi connectivity index (χ0) is 45.8. The summed E-state index contributed by atoms with van der Waals surface area (Å²) in [5, 5.41) is 5.78. The molecule has 0 N–H and O–H groups in total. The first-order valence-corrected chi connectivity index (χ1v) is 19.7. The van der Waals surface area contributed by atoms with E-state index in [0.29, 0.717) is 22.3 Å². The van der Waals surface area contributed by atoms with Gasteiger partial charge >= 0.3 is 0 Å². The van der Waals surface area contributed by atoms with Gasteiger partial charge in [0.1, 0.15) is 11.2 Å². The lowest BCUT2D eigenvalue weighted by Crippen LogP contribution is -1.95. The van der Waals surface area contributed by atoms with Crippen molar-refractivity contribution in [3.8, 4) is 55.6 Å². The molecule has 0 amide bonds. The molecule has 0 aliphatic rings. The third-order valence-corrected chi connectivity index (χ3v) is 11.7. The van der Waals surface area contributed by atoms with Gasteiger partial charge in [-0.25, -0.2) is 0 Å². The Balaban J connectivity index is 1.28. The number of para-hydroxylation sites is 2. The highest BCUT2D eigenvalue weighted by Gasteiger charge is 2.23. The lowest BCUT2D eigenvalue weighted by atomic mass is 9.80. The number of fused-ring (bicyclic) bond motifs is 7. The van der Waals surface area contributed by atoms with E-state index >= 15 is 0 Å². The molecule has 0 aliphatic carbocycles. The first-order valence-electron chi connectivity index (χ1n) is 23.7. The summed E-state index contributed by atoms with van der Waals surface area (Å²) in [4.78, 5) is 0. The van der Waals surface area contributed by atoms with Crippen molar-refractivity contribution in [1.29, 1.82) is 0 Å². The zero-order valence-corrected chi connectivity index (χ0v) is 31.6. The predicted octanol–water partition coefficient (Wildman–Crippen LogP) is 16.5. The second-order valence-electron chi connectivity index (χ2n) is 14.9. The molecule has 0 saturated carbocycles. The molecule has 1 aromatic heterocycles. The van der Waals surface area contributed by atoms with E-state index in [1.165, 1.54) is 0 Å². The van der Waals surface area contributed by atoms with Crippen molar-refractivity contribution in [2.45, 2.75) is 0 Å². The van der Waals surface area contributed by atoms with Crippen LogP contribution in [-0.2, 0) is 0 Å². The fourth-order valence-electron chi connectivity index (χ4n) is 9.21. The summed E-state index contributed by atoms with van der Waals surface area (Å²) in [5.41, 5.74) is 8.47. The van der Waals surface area contributed by atoms with Gasteiger partial charge < -0.3 is 4.42 Å². The van der Waals surface area contributed by atoms with Crippen molar-refractivity contribution < 1.29 is 15.4 Å². The summed E-state index contributed by atoms with van der Waals surface area (Å²) in [5.74, 6) is 0. The second kappa shape index (κ2) is 13.4. The van der Waals surface area contributed by atoms with Crippen LogP contribution in [0.25, 0.3) is 121 Å². The van der Waals surface area contributed by atoms with Crippen molar-refractivity contribution in [2.75, 3.05) is 0 Å². The molecule has 0 radical (unpaired) electrons. The second-order valence-corrected chi connectivity index (χ2v) is 14.9. The summed E-state index contributed by atoms with van der Waals surface area (Å²) in [6.07, 6.45) is 0. The molecule has 0 spiro atoms. The fourth-order valence-corrected chi connectivity index (χ4v) is 9.21. The first-order chi connectivity index (χ1) is 32.6. The highest BCUT2D eigenvalue weighted by atomic mass is 16.3. The number of hydrogen-bond donors (Lipinski definition) is 0. The Morgan fingerprint density at radius 1 is 0.288 bits per heavy atom. The molecule has 1 heterocycles. The van der Waals surface area contributed by atoms with Gasteiger partial charge in [0.05, 0.1) is 11.0 Å². The molecule has 274 valence electrons. The van der Waals surface area contributed by atoms with Crippen molar-refractivity contribution in [3.63, 3.8) is 0 Å². The summed E-state index contributed by atoms with van der Waals surface area (Å²) < 4.78 is 82.7. The standard InChI is InChI=1S/C58H36O/c1-2-17-37(18-3-1)39-20-6-7-22-41(39)51-34-33-38-19-4-5-21-40(38)56(51)57-48-28-12-10-26-46(48)55(47-27-11-13-29-49(47)57)50-36-35-44(42-23-8-9-24-43(42)50)52-30-16-31-53-45-25-14-15-32-54(45)59-58(52)53/h1-36H/i10D,11D,12D,13D,26D,27D,28D,29D. The Labute approximate surface area is 353 Å². The van der Waals surface area contributed by atoms with Crippen LogP contribution in [-0.4, -0.2) is 0 Å². The number of rotatable bonds is 5. The molecule has 0 saturated heterocycles. The summed E-state index contributed by atoms with van der Waals surface area (Å²) in [6.45, 7) is 0. The molecule has 1 heteroatoms. The molecule has 0 aliphatic heterocycles. The van der Waals surface area contributed by atoms with Gasteiger partial charge in [-0.2, -0.15) is 0 Å². The molecular weight excluding hydrogens is 713 g/mol. The monoisotopic (exact) mass is 756 g/mol.